The second-order valence-electron chi connectivity index (χ2n) is 5.79. The maximum atomic E-state index is 10.5. The molecule has 0 aromatic carbocycles. The zero-order valence-electron chi connectivity index (χ0n) is 13.6. The number of carbonyl (C=O) groups excluding carboxylic acids is 1. The summed E-state index contributed by atoms with van der Waals surface area (Å²) < 4.78 is 0. The molecular weight excluding hydrogens is 306 g/mol. The lowest BCUT2D eigenvalue weighted by atomic mass is 10.0. The largest absolute Gasteiger partial charge is 0.281 e. The Morgan fingerprint density at radius 1 is 0.727 bits per heavy atom. The molecular formula is C16H32ClNO4. The van der Waals surface area contributed by atoms with Crippen LogP contribution in [0.2, 0.25) is 0 Å². The second kappa shape index (κ2) is 17.2. The van der Waals surface area contributed by atoms with E-state index in [1.54, 1.807) is 0 Å². The van der Waals surface area contributed by atoms with Crippen molar-refractivity contribution in [3.63, 3.8) is 0 Å². The van der Waals surface area contributed by atoms with E-state index in [0.29, 0.717) is 13.0 Å². The van der Waals surface area contributed by atoms with Gasteiger partial charge in [-0.25, -0.2) is 0 Å². The molecule has 0 aromatic heterocycles. The zero-order chi connectivity index (χ0) is 16.5. The van der Waals surface area contributed by atoms with Crippen LogP contribution in [-0.2, 0) is 9.63 Å². The summed E-state index contributed by atoms with van der Waals surface area (Å²) in [7, 11) is 0. The maximum Gasteiger partial charge on any atom is 0.221 e. The van der Waals surface area contributed by atoms with Crippen LogP contribution in [0.25, 0.3) is 0 Å². The predicted octanol–water partition coefficient (Wildman–Crippen LogP) is 5.23. The monoisotopic (exact) mass is 337 g/mol. The van der Waals surface area contributed by atoms with E-state index in [1.165, 1.54) is 57.8 Å². The van der Waals surface area contributed by atoms with Gasteiger partial charge in [-0.1, -0.05) is 70.6 Å². The van der Waals surface area contributed by atoms with E-state index in [-0.39, 0.29) is 10.6 Å². The van der Waals surface area contributed by atoms with E-state index in [1.807, 2.05) is 0 Å². The lowest BCUT2D eigenvalue weighted by Gasteiger charge is -2.05. The quantitative estimate of drug-likeness (QED) is 0.216. The van der Waals surface area contributed by atoms with Crippen molar-refractivity contribution < 1.29 is 20.0 Å². The first-order chi connectivity index (χ1) is 10.6. The molecule has 0 unspecified atom stereocenters. The summed E-state index contributed by atoms with van der Waals surface area (Å²) >= 11 is 5.28. The summed E-state index contributed by atoms with van der Waals surface area (Å²) in [5.74, 6) is 0. The van der Waals surface area contributed by atoms with E-state index < -0.39 is 0 Å². The molecule has 132 valence electrons. The van der Waals surface area contributed by atoms with Crippen molar-refractivity contribution >= 4 is 16.8 Å². The van der Waals surface area contributed by atoms with E-state index in [2.05, 4.69) is 4.84 Å². The summed E-state index contributed by atoms with van der Waals surface area (Å²) in [5.41, 5.74) is 0. The van der Waals surface area contributed by atoms with Crippen LogP contribution in [-0.4, -0.2) is 27.7 Å². The lowest BCUT2D eigenvalue weighted by molar-refractivity contribution is -0.492. The molecule has 0 heterocycles. The topological polar surface area (TPSA) is 70.0 Å². The van der Waals surface area contributed by atoms with Gasteiger partial charge in [-0.3, -0.25) is 20.0 Å². The number of hydrogen-bond donors (Lipinski definition) is 2. The fourth-order valence-electron chi connectivity index (χ4n) is 2.46. The Labute approximate surface area is 139 Å². The van der Waals surface area contributed by atoms with E-state index in [0.717, 1.165) is 25.7 Å². The van der Waals surface area contributed by atoms with Gasteiger partial charge in [0.15, 0.2) is 0 Å². The molecule has 0 aliphatic carbocycles. The third-order valence-electron chi connectivity index (χ3n) is 3.72. The van der Waals surface area contributed by atoms with Crippen molar-refractivity contribution in [3.8, 4) is 0 Å². The summed E-state index contributed by atoms with van der Waals surface area (Å²) in [6.07, 6.45) is 15.9. The minimum atomic E-state index is -0.225. The maximum absolute atomic E-state index is 10.5. The van der Waals surface area contributed by atoms with Gasteiger partial charge < -0.3 is 0 Å². The lowest BCUT2D eigenvalue weighted by Crippen LogP contribution is -2.14. The molecule has 0 fully saturated rings. The van der Waals surface area contributed by atoms with E-state index in [9.17, 15) is 4.79 Å². The Balaban J connectivity index is 2.98. The van der Waals surface area contributed by atoms with Crippen molar-refractivity contribution in [1.29, 1.82) is 0 Å². The highest BCUT2D eigenvalue weighted by Crippen LogP contribution is 2.13. The standard InChI is InChI=1S/C16H32ClNO4/c17-16(19)14-12-10-8-6-4-2-1-3-5-7-9-11-13-15-22-18(20)21/h20-21H,1-15H2. The van der Waals surface area contributed by atoms with Gasteiger partial charge in [-0.15, -0.1) is 0 Å². The molecule has 0 aliphatic rings. The van der Waals surface area contributed by atoms with Crippen LogP contribution in [0.15, 0.2) is 0 Å². The van der Waals surface area contributed by atoms with Gasteiger partial charge in [-0.05, 0) is 24.4 Å². The Kier molecular flexibility index (Phi) is 17.0. The average molecular weight is 338 g/mol. The summed E-state index contributed by atoms with van der Waals surface area (Å²) in [6, 6.07) is 0. The number of halogens is 1. The van der Waals surface area contributed by atoms with Crippen LogP contribution < -0.4 is 0 Å². The SMILES string of the molecule is O=C(Cl)CCCCCCCCCCCCCCCON(O)O. The van der Waals surface area contributed by atoms with Crippen LogP contribution in [0, 0.1) is 0 Å². The van der Waals surface area contributed by atoms with Crippen LogP contribution in [0.4, 0.5) is 0 Å². The van der Waals surface area contributed by atoms with Crippen LogP contribution >= 0.6 is 11.6 Å². The normalized spacial score (nSPS) is 11.3. The molecule has 0 aromatic rings. The molecule has 6 heteroatoms. The van der Waals surface area contributed by atoms with Crippen LogP contribution in [0.3, 0.4) is 0 Å². The first-order valence-electron chi connectivity index (χ1n) is 8.62. The van der Waals surface area contributed by atoms with Crippen molar-refractivity contribution in [3.05, 3.63) is 0 Å². The molecule has 2 N–H and O–H groups in total. The van der Waals surface area contributed by atoms with Gasteiger partial charge in [0.25, 0.3) is 0 Å². The number of hydrogen-bond acceptors (Lipinski definition) is 5. The molecule has 5 nitrogen and oxygen atoms in total. The molecule has 0 saturated carbocycles. The fraction of sp³-hybridized carbons (Fsp3) is 0.938. The first-order valence-corrected chi connectivity index (χ1v) is 9.00. The Bertz CT molecular complexity index is 252. The molecule has 22 heavy (non-hydrogen) atoms. The van der Waals surface area contributed by atoms with Crippen molar-refractivity contribution in [2.45, 2.75) is 89.9 Å². The van der Waals surface area contributed by atoms with E-state index in [4.69, 9.17) is 22.0 Å². The Morgan fingerprint density at radius 2 is 1.09 bits per heavy atom. The number of unbranched alkanes of at least 4 members (excludes halogenated alkanes) is 12. The average Bonchev–Trinajstić information content (AvgIpc) is 2.46. The number of carbonyl (C=O) groups is 1. The van der Waals surface area contributed by atoms with Gasteiger partial charge in [0.1, 0.15) is 0 Å². The highest BCUT2D eigenvalue weighted by molar-refractivity contribution is 6.63. The first kappa shape index (κ1) is 21.8. The summed E-state index contributed by atoms with van der Waals surface area (Å²) in [4.78, 5) is 15.0. The molecule has 0 aliphatic heterocycles. The van der Waals surface area contributed by atoms with Crippen molar-refractivity contribution in [2.75, 3.05) is 6.61 Å². The summed E-state index contributed by atoms with van der Waals surface area (Å²) in [5, 5.41) is 16.2. The van der Waals surface area contributed by atoms with Crippen LogP contribution in [0.1, 0.15) is 89.9 Å². The zero-order valence-corrected chi connectivity index (χ0v) is 14.4. The molecule has 0 radical (unpaired) electrons. The molecule has 0 saturated heterocycles. The smallest absolute Gasteiger partial charge is 0.221 e. The Morgan fingerprint density at radius 3 is 1.45 bits per heavy atom. The molecule has 0 atom stereocenters. The van der Waals surface area contributed by atoms with Crippen LogP contribution in [0.5, 0.6) is 0 Å². The summed E-state index contributed by atoms with van der Waals surface area (Å²) in [6.45, 7) is 0.353. The predicted molar refractivity (Wildman–Crippen MR) is 86.9 cm³/mol. The molecule has 0 amide bonds. The molecule has 0 spiro atoms. The second-order valence-corrected chi connectivity index (χ2v) is 6.21. The molecule has 0 bridgehead atoms. The van der Waals surface area contributed by atoms with Crippen molar-refractivity contribution in [1.82, 2.24) is 5.39 Å². The minimum absolute atomic E-state index is 0.212. The minimum Gasteiger partial charge on any atom is -0.281 e. The fourth-order valence-corrected chi connectivity index (χ4v) is 2.59. The van der Waals surface area contributed by atoms with Gasteiger partial charge in [0.05, 0.1) is 12.0 Å². The van der Waals surface area contributed by atoms with Gasteiger partial charge >= 0.3 is 0 Å². The Hall–Kier alpha value is -0.200. The highest BCUT2D eigenvalue weighted by atomic mass is 35.5. The molecule has 0 rings (SSSR count). The van der Waals surface area contributed by atoms with Crippen molar-refractivity contribution in [2.24, 2.45) is 0 Å². The van der Waals surface area contributed by atoms with Gasteiger partial charge in [0.2, 0.25) is 5.24 Å². The highest BCUT2D eigenvalue weighted by Gasteiger charge is 1.97. The number of nitrogens with zero attached hydrogens (tertiary/aromatic N) is 1. The van der Waals surface area contributed by atoms with Gasteiger partial charge in [0, 0.05) is 6.42 Å². The third-order valence-corrected chi connectivity index (χ3v) is 3.91. The van der Waals surface area contributed by atoms with E-state index >= 15 is 0 Å². The van der Waals surface area contributed by atoms with Gasteiger partial charge in [-0.2, -0.15) is 0 Å². The number of rotatable bonds is 17. The third kappa shape index (κ3) is 19.8.